The van der Waals surface area contributed by atoms with Gasteiger partial charge in [-0.1, -0.05) is 19.1 Å². The number of likely N-dealkylation sites (N-methyl/N-ethyl adjacent to an activating group) is 1. The molecule has 3 nitrogen and oxygen atoms in total. The highest BCUT2D eigenvalue weighted by Crippen LogP contribution is 2.25. The third-order valence-corrected chi connectivity index (χ3v) is 3.55. The summed E-state index contributed by atoms with van der Waals surface area (Å²) in [5, 5.41) is 3.49. The summed E-state index contributed by atoms with van der Waals surface area (Å²) < 4.78 is 5.51. The Morgan fingerprint density at radius 2 is 2.22 bits per heavy atom. The fourth-order valence-corrected chi connectivity index (χ4v) is 2.18. The predicted molar refractivity (Wildman–Crippen MR) is 75.4 cm³/mol. The normalized spacial score (nSPS) is 13.7. The van der Waals surface area contributed by atoms with E-state index in [1.165, 1.54) is 11.1 Å². The molecule has 0 fully saturated rings. The first-order valence-corrected chi connectivity index (χ1v) is 6.93. The largest absolute Gasteiger partial charge is 0.493 e. The molecule has 0 atom stereocenters. The van der Waals surface area contributed by atoms with Crippen LogP contribution in [0.3, 0.4) is 0 Å². The quantitative estimate of drug-likeness (QED) is 0.743. The van der Waals surface area contributed by atoms with Crippen molar-refractivity contribution >= 4 is 0 Å². The van der Waals surface area contributed by atoms with Crippen molar-refractivity contribution in [3.63, 3.8) is 0 Å². The van der Waals surface area contributed by atoms with Crippen molar-refractivity contribution < 1.29 is 4.74 Å². The van der Waals surface area contributed by atoms with Gasteiger partial charge >= 0.3 is 0 Å². The van der Waals surface area contributed by atoms with E-state index in [1.54, 1.807) is 0 Å². The molecule has 0 aliphatic carbocycles. The number of nitrogens with one attached hydrogen (secondary N) is 1. The van der Waals surface area contributed by atoms with Gasteiger partial charge in [0, 0.05) is 19.5 Å². The second-order valence-electron chi connectivity index (χ2n) is 4.94. The van der Waals surface area contributed by atoms with Crippen LogP contribution in [0.2, 0.25) is 0 Å². The molecular weight excluding hydrogens is 224 g/mol. The molecule has 3 heteroatoms. The van der Waals surface area contributed by atoms with Crippen LogP contribution in [0.4, 0.5) is 0 Å². The lowest BCUT2D eigenvalue weighted by Gasteiger charge is -2.14. The Balaban J connectivity index is 1.68. The van der Waals surface area contributed by atoms with E-state index in [4.69, 9.17) is 4.74 Å². The molecule has 0 saturated heterocycles. The molecule has 1 aliphatic heterocycles. The first-order valence-electron chi connectivity index (χ1n) is 6.93. The molecule has 0 aromatic heterocycles. The highest BCUT2D eigenvalue weighted by atomic mass is 16.5. The van der Waals surface area contributed by atoms with E-state index in [1.807, 2.05) is 0 Å². The maximum absolute atomic E-state index is 5.51. The highest BCUT2D eigenvalue weighted by molar-refractivity contribution is 5.39. The molecular formula is C15H24N2O. The van der Waals surface area contributed by atoms with E-state index in [0.29, 0.717) is 0 Å². The van der Waals surface area contributed by atoms with Gasteiger partial charge in [0.25, 0.3) is 0 Å². The summed E-state index contributed by atoms with van der Waals surface area (Å²) in [4.78, 5) is 2.32. The predicted octanol–water partition coefficient (Wildman–Crippen LogP) is 1.71. The van der Waals surface area contributed by atoms with Crippen molar-refractivity contribution in [1.29, 1.82) is 0 Å². The van der Waals surface area contributed by atoms with Crippen molar-refractivity contribution in [2.24, 2.45) is 0 Å². The average molecular weight is 248 g/mol. The Morgan fingerprint density at radius 3 is 3.06 bits per heavy atom. The SMILES string of the molecule is CCN(C)CCNCCc1ccc2c(c1)CCO2. The summed E-state index contributed by atoms with van der Waals surface area (Å²) in [6.45, 7) is 7.39. The van der Waals surface area contributed by atoms with Crippen LogP contribution in [0, 0.1) is 0 Å². The Hall–Kier alpha value is -1.06. The summed E-state index contributed by atoms with van der Waals surface area (Å²) in [6.07, 6.45) is 2.17. The molecule has 0 spiro atoms. The molecule has 0 amide bonds. The first-order chi connectivity index (χ1) is 8.79. The van der Waals surface area contributed by atoms with Crippen LogP contribution in [-0.2, 0) is 12.8 Å². The van der Waals surface area contributed by atoms with Gasteiger partial charge in [-0.25, -0.2) is 0 Å². The standard InChI is InChI=1S/C15H24N2O/c1-3-17(2)10-9-16-8-6-13-4-5-15-14(12-13)7-11-18-15/h4-5,12,16H,3,6-11H2,1-2H3. The molecule has 0 saturated carbocycles. The van der Waals surface area contributed by atoms with Crippen molar-refractivity contribution in [2.75, 3.05) is 39.8 Å². The van der Waals surface area contributed by atoms with Crippen molar-refractivity contribution in [2.45, 2.75) is 19.8 Å². The number of benzene rings is 1. The molecule has 1 aromatic rings. The zero-order valence-electron chi connectivity index (χ0n) is 11.5. The molecule has 0 radical (unpaired) electrons. The van der Waals surface area contributed by atoms with Crippen LogP contribution < -0.4 is 10.1 Å². The molecule has 0 unspecified atom stereocenters. The first kappa shape index (κ1) is 13.4. The minimum Gasteiger partial charge on any atom is -0.493 e. The van der Waals surface area contributed by atoms with Crippen LogP contribution in [0.25, 0.3) is 0 Å². The minimum absolute atomic E-state index is 0.848. The fraction of sp³-hybridized carbons (Fsp3) is 0.600. The second kappa shape index (κ2) is 6.76. The Kier molecular flexibility index (Phi) is 5.02. The lowest BCUT2D eigenvalue weighted by molar-refractivity contribution is 0.349. The fourth-order valence-electron chi connectivity index (χ4n) is 2.18. The number of fused-ring (bicyclic) bond motifs is 1. The number of hydrogen-bond acceptors (Lipinski definition) is 3. The van der Waals surface area contributed by atoms with Gasteiger partial charge < -0.3 is 15.0 Å². The van der Waals surface area contributed by atoms with Gasteiger partial charge in [0.05, 0.1) is 6.61 Å². The Morgan fingerprint density at radius 1 is 1.33 bits per heavy atom. The van der Waals surface area contributed by atoms with Crippen LogP contribution in [0.5, 0.6) is 5.75 Å². The summed E-state index contributed by atoms with van der Waals surface area (Å²) in [5.74, 6) is 1.08. The highest BCUT2D eigenvalue weighted by Gasteiger charge is 2.11. The van der Waals surface area contributed by atoms with Crippen molar-refractivity contribution in [1.82, 2.24) is 10.2 Å². The third kappa shape index (κ3) is 3.72. The number of nitrogens with zero attached hydrogens (tertiary/aromatic N) is 1. The number of ether oxygens (including phenoxy) is 1. The third-order valence-electron chi connectivity index (χ3n) is 3.55. The molecule has 2 rings (SSSR count). The monoisotopic (exact) mass is 248 g/mol. The molecule has 100 valence electrons. The van der Waals surface area contributed by atoms with Crippen molar-refractivity contribution in [3.05, 3.63) is 29.3 Å². The second-order valence-corrected chi connectivity index (χ2v) is 4.94. The average Bonchev–Trinajstić information content (AvgIpc) is 2.85. The maximum atomic E-state index is 5.51. The molecule has 1 aliphatic rings. The molecule has 1 N–H and O–H groups in total. The lowest BCUT2D eigenvalue weighted by atomic mass is 10.1. The van der Waals surface area contributed by atoms with Gasteiger partial charge in [-0.2, -0.15) is 0 Å². The summed E-state index contributed by atoms with van der Waals surface area (Å²) >= 11 is 0. The Bertz CT molecular complexity index is 379. The Labute approximate surface area is 110 Å². The van der Waals surface area contributed by atoms with E-state index in [2.05, 4.69) is 42.4 Å². The molecule has 1 heterocycles. The van der Waals surface area contributed by atoms with Gasteiger partial charge in [0.1, 0.15) is 5.75 Å². The van der Waals surface area contributed by atoms with E-state index in [-0.39, 0.29) is 0 Å². The van der Waals surface area contributed by atoms with Crippen LogP contribution >= 0.6 is 0 Å². The number of rotatable bonds is 7. The maximum Gasteiger partial charge on any atom is 0.122 e. The van der Waals surface area contributed by atoms with E-state index in [9.17, 15) is 0 Å². The molecule has 1 aromatic carbocycles. The molecule has 0 bridgehead atoms. The van der Waals surface area contributed by atoms with Gasteiger partial charge in [-0.05, 0) is 43.8 Å². The zero-order chi connectivity index (χ0) is 12.8. The topological polar surface area (TPSA) is 24.5 Å². The lowest BCUT2D eigenvalue weighted by Crippen LogP contribution is -2.30. The number of hydrogen-bond donors (Lipinski definition) is 1. The summed E-state index contributed by atoms with van der Waals surface area (Å²) in [6, 6.07) is 6.59. The van der Waals surface area contributed by atoms with Gasteiger partial charge in [0.2, 0.25) is 0 Å². The smallest absolute Gasteiger partial charge is 0.122 e. The van der Waals surface area contributed by atoms with Crippen LogP contribution in [0.15, 0.2) is 18.2 Å². The van der Waals surface area contributed by atoms with Gasteiger partial charge in [0.15, 0.2) is 0 Å². The minimum atomic E-state index is 0.848. The van der Waals surface area contributed by atoms with E-state index < -0.39 is 0 Å². The summed E-state index contributed by atoms with van der Waals surface area (Å²) in [7, 11) is 2.15. The van der Waals surface area contributed by atoms with E-state index >= 15 is 0 Å². The van der Waals surface area contributed by atoms with E-state index in [0.717, 1.165) is 51.4 Å². The molecule has 18 heavy (non-hydrogen) atoms. The van der Waals surface area contributed by atoms with Crippen LogP contribution in [-0.4, -0.2) is 44.7 Å². The van der Waals surface area contributed by atoms with Gasteiger partial charge in [-0.3, -0.25) is 0 Å². The van der Waals surface area contributed by atoms with Crippen molar-refractivity contribution in [3.8, 4) is 5.75 Å². The van der Waals surface area contributed by atoms with Gasteiger partial charge in [-0.15, -0.1) is 0 Å². The van der Waals surface area contributed by atoms with Crippen LogP contribution in [0.1, 0.15) is 18.1 Å². The zero-order valence-corrected chi connectivity index (χ0v) is 11.5. The summed E-state index contributed by atoms with van der Waals surface area (Å²) in [5.41, 5.74) is 2.79.